The number of hydrogen-bond donors (Lipinski definition) is 1. The number of piperazine rings is 1. The van der Waals surface area contributed by atoms with Crippen molar-refractivity contribution < 1.29 is 9.59 Å². The molecule has 0 bridgehead atoms. The molecule has 0 saturated carbocycles. The van der Waals surface area contributed by atoms with Crippen LogP contribution in [0.15, 0.2) is 18.2 Å². The van der Waals surface area contributed by atoms with Gasteiger partial charge < -0.3 is 10.2 Å². The molecule has 24 heavy (non-hydrogen) atoms. The summed E-state index contributed by atoms with van der Waals surface area (Å²) in [5.41, 5.74) is 0.509. The zero-order valence-corrected chi connectivity index (χ0v) is 15.7. The molecule has 1 saturated heterocycles. The van der Waals surface area contributed by atoms with Crippen LogP contribution in [0.2, 0.25) is 10.0 Å². The van der Waals surface area contributed by atoms with Gasteiger partial charge in [-0.3, -0.25) is 14.5 Å². The van der Waals surface area contributed by atoms with Gasteiger partial charge in [0.15, 0.2) is 0 Å². The van der Waals surface area contributed by atoms with Crippen LogP contribution in [0.3, 0.4) is 0 Å². The first-order valence-corrected chi connectivity index (χ1v) is 8.84. The normalized spacial score (nSPS) is 17.0. The highest BCUT2D eigenvalue weighted by molar-refractivity contribution is 6.44. The van der Waals surface area contributed by atoms with Gasteiger partial charge in [0.05, 0.1) is 21.8 Å². The molecule has 1 unspecified atom stereocenters. The smallest absolute Gasteiger partial charge is 0.241 e. The van der Waals surface area contributed by atoms with Gasteiger partial charge in [-0.2, -0.15) is 0 Å². The molecular formula is C17H23Cl2N3O2. The van der Waals surface area contributed by atoms with Gasteiger partial charge in [-0.15, -0.1) is 0 Å². The summed E-state index contributed by atoms with van der Waals surface area (Å²) in [4.78, 5) is 28.4. The van der Waals surface area contributed by atoms with Crippen LogP contribution in [0.25, 0.3) is 0 Å². The maximum absolute atomic E-state index is 12.5. The number of anilines is 1. The average molecular weight is 372 g/mol. The van der Waals surface area contributed by atoms with Gasteiger partial charge in [-0.1, -0.05) is 43.1 Å². The van der Waals surface area contributed by atoms with Crippen LogP contribution in [0.1, 0.15) is 20.8 Å². The molecule has 132 valence electrons. The van der Waals surface area contributed by atoms with Crippen molar-refractivity contribution in [2.75, 3.05) is 31.5 Å². The van der Waals surface area contributed by atoms with Crippen molar-refractivity contribution in [1.82, 2.24) is 9.80 Å². The van der Waals surface area contributed by atoms with Crippen LogP contribution in [0, 0.1) is 5.92 Å². The molecule has 1 aliphatic rings. The molecule has 1 heterocycles. The number of nitrogens with one attached hydrogen (secondary N) is 1. The van der Waals surface area contributed by atoms with E-state index in [9.17, 15) is 9.59 Å². The van der Waals surface area contributed by atoms with Crippen molar-refractivity contribution >= 4 is 40.7 Å². The first-order chi connectivity index (χ1) is 11.3. The van der Waals surface area contributed by atoms with E-state index in [1.165, 1.54) is 0 Å². The molecule has 0 radical (unpaired) electrons. The predicted molar refractivity (Wildman–Crippen MR) is 97.5 cm³/mol. The molecule has 2 rings (SSSR count). The molecule has 1 atom stereocenters. The quantitative estimate of drug-likeness (QED) is 0.884. The molecule has 7 heteroatoms. The molecule has 5 nitrogen and oxygen atoms in total. The number of carbonyl (C=O) groups excluding carboxylic acids is 2. The monoisotopic (exact) mass is 371 g/mol. The number of carbonyl (C=O) groups is 2. The summed E-state index contributed by atoms with van der Waals surface area (Å²) in [5, 5.41) is 3.57. The van der Waals surface area contributed by atoms with E-state index in [0.717, 1.165) is 0 Å². The van der Waals surface area contributed by atoms with Crippen molar-refractivity contribution in [1.29, 1.82) is 0 Å². The fourth-order valence-corrected chi connectivity index (χ4v) is 3.05. The highest BCUT2D eigenvalue weighted by atomic mass is 35.5. The summed E-state index contributed by atoms with van der Waals surface area (Å²) in [6, 6.07) is 4.83. The minimum absolute atomic E-state index is 0.00208. The molecule has 2 amide bonds. The van der Waals surface area contributed by atoms with Gasteiger partial charge >= 0.3 is 0 Å². The maximum atomic E-state index is 12.5. The minimum atomic E-state index is -0.309. The Morgan fingerprint density at radius 1 is 1.08 bits per heavy atom. The Morgan fingerprint density at radius 2 is 1.71 bits per heavy atom. The SMILES string of the molecule is CC(C)C(=O)N1CCN(C(C)C(=O)Nc2cccc(Cl)c2Cl)CC1. The van der Waals surface area contributed by atoms with Gasteiger partial charge in [0.25, 0.3) is 0 Å². The van der Waals surface area contributed by atoms with Crippen molar-refractivity contribution in [3.63, 3.8) is 0 Å². The summed E-state index contributed by atoms with van der Waals surface area (Å²) in [7, 11) is 0. The lowest BCUT2D eigenvalue weighted by molar-refractivity contribution is -0.136. The van der Waals surface area contributed by atoms with E-state index in [4.69, 9.17) is 23.2 Å². The fourth-order valence-electron chi connectivity index (χ4n) is 2.70. The Bertz CT molecular complexity index is 614. The number of halogens is 2. The summed E-state index contributed by atoms with van der Waals surface area (Å²) in [6.45, 7) is 8.30. The second-order valence-electron chi connectivity index (χ2n) is 6.28. The molecule has 0 aromatic heterocycles. The lowest BCUT2D eigenvalue weighted by Gasteiger charge is -2.38. The van der Waals surface area contributed by atoms with Crippen molar-refractivity contribution in [3.05, 3.63) is 28.2 Å². The third-order valence-corrected chi connectivity index (χ3v) is 5.08. The third kappa shape index (κ3) is 4.41. The van der Waals surface area contributed by atoms with Crippen molar-refractivity contribution in [3.8, 4) is 0 Å². The maximum Gasteiger partial charge on any atom is 0.241 e. The standard InChI is InChI=1S/C17H23Cl2N3O2/c1-11(2)17(24)22-9-7-21(8-10-22)12(3)16(23)20-14-6-4-5-13(18)15(14)19/h4-6,11-12H,7-10H2,1-3H3,(H,20,23). The lowest BCUT2D eigenvalue weighted by atomic mass is 10.1. The molecule has 0 aliphatic carbocycles. The summed E-state index contributed by atoms with van der Waals surface area (Å²) >= 11 is 12.1. The topological polar surface area (TPSA) is 52.7 Å². The van der Waals surface area contributed by atoms with Gasteiger partial charge in [-0.25, -0.2) is 0 Å². The fraction of sp³-hybridized carbons (Fsp3) is 0.529. The molecule has 1 aromatic rings. The van der Waals surface area contributed by atoms with E-state index in [2.05, 4.69) is 10.2 Å². The highest BCUT2D eigenvalue weighted by Gasteiger charge is 2.28. The second kappa shape index (κ2) is 8.19. The summed E-state index contributed by atoms with van der Waals surface area (Å²) < 4.78 is 0. The van der Waals surface area contributed by atoms with Crippen LogP contribution in [-0.4, -0.2) is 53.8 Å². The van der Waals surface area contributed by atoms with E-state index >= 15 is 0 Å². The van der Waals surface area contributed by atoms with Crippen LogP contribution in [0.4, 0.5) is 5.69 Å². The van der Waals surface area contributed by atoms with E-state index in [-0.39, 0.29) is 23.8 Å². The van der Waals surface area contributed by atoms with Crippen LogP contribution >= 0.6 is 23.2 Å². The zero-order chi connectivity index (χ0) is 17.9. The van der Waals surface area contributed by atoms with Gasteiger partial charge in [0, 0.05) is 32.1 Å². The third-order valence-electron chi connectivity index (χ3n) is 4.26. The molecule has 1 aliphatic heterocycles. The number of hydrogen-bond acceptors (Lipinski definition) is 3. The lowest BCUT2D eigenvalue weighted by Crippen LogP contribution is -2.54. The Balaban J connectivity index is 1.93. The predicted octanol–water partition coefficient (Wildman–Crippen LogP) is 3.12. The Hall–Kier alpha value is -1.30. The highest BCUT2D eigenvalue weighted by Crippen LogP contribution is 2.29. The van der Waals surface area contributed by atoms with E-state index in [0.29, 0.717) is 41.9 Å². The Kier molecular flexibility index (Phi) is 6.49. The number of amides is 2. The zero-order valence-electron chi connectivity index (χ0n) is 14.2. The minimum Gasteiger partial charge on any atom is -0.340 e. The summed E-state index contributed by atoms with van der Waals surface area (Å²) in [5.74, 6) is 0.0301. The van der Waals surface area contributed by atoms with Crippen LogP contribution in [0.5, 0.6) is 0 Å². The Labute approximate surface area is 152 Å². The molecule has 0 spiro atoms. The second-order valence-corrected chi connectivity index (χ2v) is 7.07. The van der Waals surface area contributed by atoms with Crippen molar-refractivity contribution in [2.45, 2.75) is 26.8 Å². The first kappa shape index (κ1) is 19.0. The average Bonchev–Trinajstić information content (AvgIpc) is 2.57. The van der Waals surface area contributed by atoms with Gasteiger partial charge in [-0.05, 0) is 19.1 Å². The van der Waals surface area contributed by atoms with E-state index in [1.807, 2.05) is 25.7 Å². The van der Waals surface area contributed by atoms with E-state index < -0.39 is 0 Å². The molecule has 1 N–H and O–H groups in total. The van der Waals surface area contributed by atoms with Crippen molar-refractivity contribution in [2.24, 2.45) is 5.92 Å². The summed E-state index contributed by atoms with van der Waals surface area (Å²) in [6.07, 6.45) is 0. The van der Waals surface area contributed by atoms with E-state index in [1.54, 1.807) is 18.2 Å². The largest absolute Gasteiger partial charge is 0.340 e. The number of nitrogens with zero attached hydrogens (tertiary/aromatic N) is 2. The molecule has 1 fully saturated rings. The van der Waals surface area contributed by atoms with Crippen LogP contribution < -0.4 is 5.32 Å². The first-order valence-electron chi connectivity index (χ1n) is 8.09. The number of rotatable bonds is 4. The van der Waals surface area contributed by atoms with Gasteiger partial charge in [0.2, 0.25) is 11.8 Å². The molecular weight excluding hydrogens is 349 g/mol. The Morgan fingerprint density at radius 3 is 2.29 bits per heavy atom. The molecule has 1 aromatic carbocycles. The number of benzene rings is 1. The van der Waals surface area contributed by atoms with Crippen LogP contribution in [-0.2, 0) is 9.59 Å². The van der Waals surface area contributed by atoms with Gasteiger partial charge in [0.1, 0.15) is 0 Å².